The van der Waals surface area contributed by atoms with Crippen molar-refractivity contribution in [1.29, 1.82) is 0 Å². The summed E-state index contributed by atoms with van der Waals surface area (Å²) in [4.78, 5) is 0. The Hall–Kier alpha value is -1.28. The number of para-hydroxylation sites is 1. The van der Waals surface area contributed by atoms with E-state index in [1.54, 1.807) is 0 Å². The lowest BCUT2D eigenvalue weighted by atomic mass is 9.82. The average Bonchev–Trinajstić information content (AvgIpc) is 2.51. The zero-order valence-electron chi connectivity index (χ0n) is 11.6. The van der Waals surface area contributed by atoms with Crippen molar-refractivity contribution in [3.05, 3.63) is 64.6 Å². The summed E-state index contributed by atoms with van der Waals surface area (Å²) in [7, 11) is 0. The maximum atomic E-state index is 3.67. The van der Waals surface area contributed by atoms with E-state index >= 15 is 0 Å². The predicted molar refractivity (Wildman–Crippen MR) is 89.2 cm³/mol. The molecule has 2 heteroatoms. The largest absolute Gasteiger partial charge is 0.381 e. The summed E-state index contributed by atoms with van der Waals surface area (Å²) in [6.07, 6.45) is 5.07. The molecule has 0 atom stereocenters. The van der Waals surface area contributed by atoms with Gasteiger partial charge in [-0.2, -0.15) is 0 Å². The van der Waals surface area contributed by atoms with Crippen LogP contribution in [-0.2, 0) is 0 Å². The molecule has 1 N–H and O–H groups in total. The fourth-order valence-electron chi connectivity index (χ4n) is 3.09. The maximum absolute atomic E-state index is 3.67. The first-order valence-electron chi connectivity index (χ1n) is 7.39. The number of hydrogen-bond acceptors (Lipinski definition) is 1. The number of benzene rings is 2. The lowest BCUT2D eigenvalue weighted by Gasteiger charge is -2.30. The van der Waals surface area contributed by atoms with Crippen molar-refractivity contribution in [2.24, 2.45) is 0 Å². The highest BCUT2D eigenvalue weighted by molar-refractivity contribution is 9.10. The van der Waals surface area contributed by atoms with E-state index in [0.29, 0.717) is 6.04 Å². The van der Waals surface area contributed by atoms with Crippen molar-refractivity contribution < 1.29 is 0 Å². The summed E-state index contributed by atoms with van der Waals surface area (Å²) < 4.78 is 1.16. The highest BCUT2D eigenvalue weighted by Gasteiger charge is 2.22. The molecule has 3 rings (SSSR count). The number of anilines is 1. The van der Waals surface area contributed by atoms with Crippen LogP contribution in [0.5, 0.6) is 0 Å². The Kier molecular flexibility index (Phi) is 4.41. The average molecular weight is 330 g/mol. The van der Waals surface area contributed by atoms with Crippen LogP contribution in [0.15, 0.2) is 59.1 Å². The molecule has 20 heavy (non-hydrogen) atoms. The van der Waals surface area contributed by atoms with Crippen LogP contribution in [0.1, 0.15) is 37.2 Å². The summed E-state index contributed by atoms with van der Waals surface area (Å²) in [6, 6.07) is 19.9. The van der Waals surface area contributed by atoms with E-state index in [-0.39, 0.29) is 0 Å². The summed E-state index contributed by atoms with van der Waals surface area (Å²) in [5, 5.41) is 3.67. The molecule has 1 aliphatic carbocycles. The fraction of sp³-hybridized carbons (Fsp3) is 0.333. The van der Waals surface area contributed by atoms with Crippen molar-refractivity contribution >= 4 is 21.6 Å². The third-order valence-electron chi connectivity index (χ3n) is 4.23. The monoisotopic (exact) mass is 329 g/mol. The second kappa shape index (κ2) is 6.45. The molecule has 0 radical (unpaired) electrons. The molecule has 1 saturated carbocycles. The van der Waals surface area contributed by atoms with Crippen LogP contribution in [0, 0.1) is 0 Å². The van der Waals surface area contributed by atoms with Gasteiger partial charge in [-0.15, -0.1) is 0 Å². The lowest BCUT2D eigenvalue weighted by molar-refractivity contribution is 0.412. The third kappa shape index (κ3) is 3.24. The highest BCUT2D eigenvalue weighted by atomic mass is 79.9. The highest BCUT2D eigenvalue weighted by Crippen LogP contribution is 2.34. The fourth-order valence-corrected chi connectivity index (χ4v) is 3.49. The van der Waals surface area contributed by atoms with Crippen molar-refractivity contribution in [3.63, 3.8) is 0 Å². The molecule has 1 nitrogen and oxygen atoms in total. The number of rotatable bonds is 3. The summed E-state index contributed by atoms with van der Waals surface area (Å²) in [5.41, 5.74) is 2.72. The van der Waals surface area contributed by atoms with Crippen LogP contribution >= 0.6 is 15.9 Å². The molecule has 0 aliphatic heterocycles. The van der Waals surface area contributed by atoms with Crippen molar-refractivity contribution in [3.8, 4) is 0 Å². The van der Waals surface area contributed by atoms with Gasteiger partial charge in [0.1, 0.15) is 0 Å². The smallest absolute Gasteiger partial charge is 0.0486 e. The van der Waals surface area contributed by atoms with Gasteiger partial charge >= 0.3 is 0 Å². The molecule has 104 valence electrons. The molecule has 0 unspecified atom stereocenters. The van der Waals surface area contributed by atoms with Gasteiger partial charge < -0.3 is 5.32 Å². The molecular formula is C18H20BrN. The predicted octanol–water partition coefficient (Wildman–Crippen LogP) is 5.59. The van der Waals surface area contributed by atoms with Crippen molar-refractivity contribution in [2.75, 3.05) is 5.32 Å². The van der Waals surface area contributed by atoms with Gasteiger partial charge in [0.2, 0.25) is 0 Å². The van der Waals surface area contributed by atoms with Gasteiger partial charge in [-0.05, 0) is 65.2 Å². The van der Waals surface area contributed by atoms with E-state index < -0.39 is 0 Å². The molecule has 0 heterocycles. The van der Waals surface area contributed by atoms with Gasteiger partial charge in [-0.1, -0.05) is 42.5 Å². The molecule has 0 bridgehead atoms. The maximum Gasteiger partial charge on any atom is 0.0486 e. The van der Waals surface area contributed by atoms with Gasteiger partial charge in [0.05, 0.1) is 0 Å². The van der Waals surface area contributed by atoms with Gasteiger partial charge in [0.25, 0.3) is 0 Å². The minimum absolute atomic E-state index is 0.605. The first kappa shape index (κ1) is 13.7. The van der Waals surface area contributed by atoms with Gasteiger partial charge in [0, 0.05) is 16.2 Å². The quantitative estimate of drug-likeness (QED) is 0.774. The Morgan fingerprint density at radius 2 is 1.45 bits per heavy atom. The molecular weight excluding hydrogens is 310 g/mol. The van der Waals surface area contributed by atoms with Crippen molar-refractivity contribution in [2.45, 2.75) is 37.6 Å². The van der Waals surface area contributed by atoms with Crippen LogP contribution in [0.3, 0.4) is 0 Å². The number of halogens is 1. The second-order valence-corrected chi connectivity index (χ2v) is 6.44. The molecule has 2 aromatic rings. The van der Waals surface area contributed by atoms with E-state index in [1.807, 2.05) is 0 Å². The zero-order chi connectivity index (χ0) is 13.8. The second-order valence-electron chi connectivity index (χ2n) is 5.58. The van der Waals surface area contributed by atoms with E-state index in [1.165, 1.54) is 36.9 Å². The first-order chi connectivity index (χ1) is 9.83. The zero-order valence-corrected chi connectivity index (χ0v) is 13.1. The SMILES string of the molecule is Brc1ccccc1NC1CCC(c2ccccc2)CC1. The third-order valence-corrected chi connectivity index (χ3v) is 4.92. The van der Waals surface area contributed by atoms with Gasteiger partial charge in [-0.3, -0.25) is 0 Å². The Bertz CT molecular complexity index is 544. The Morgan fingerprint density at radius 1 is 0.800 bits per heavy atom. The van der Waals surface area contributed by atoms with E-state index in [2.05, 4.69) is 75.8 Å². The number of hydrogen-bond donors (Lipinski definition) is 1. The summed E-state index contributed by atoms with van der Waals surface area (Å²) in [6.45, 7) is 0. The minimum Gasteiger partial charge on any atom is -0.381 e. The lowest BCUT2D eigenvalue weighted by Crippen LogP contribution is -2.25. The molecule has 2 aromatic carbocycles. The van der Waals surface area contributed by atoms with Crippen LogP contribution in [0.4, 0.5) is 5.69 Å². The van der Waals surface area contributed by atoms with Crippen LogP contribution in [0.2, 0.25) is 0 Å². The Balaban J connectivity index is 1.58. The Labute approximate surface area is 129 Å². The summed E-state index contributed by atoms with van der Waals surface area (Å²) >= 11 is 3.61. The van der Waals surface area contributed by atoms with E-state index in [9.17, 15) is 0 Å². The van der Waals surface area contributed by atoms with Gasteiger partial charge in [0.15, 0.2) is 0 Å². The molecule has 1 aliphatic rings. The molecule has 0 spiro atoms. The first-order valence-corrected chi connectivity index (χ1v) is 8.18. The molecule has 1 fully saturated rings. The molecule has 0 amide bonds. The van der Waals surface area contributed by atoms with Crippen LogP contribution < -0.4 is 5.32 Å². The van der Waals surface area contributed by atoms with E-state index in [4.69, 9.17) is 0 Å². The minimum atomic E-state index is 0.605. The molecule has 0 aromatic heterocycles. The Morgan fingerprint density at radius 3 is 2.15 bits per heavy atom. The molecule has 0 saturated heterocycles. The van der Waals surface area contributed by atoms with Crippen LogP contribution in [-0.4, -0.2) is 6.04 Å². The van der Waals surface area contributed by atoms with Gasteiger partial charge in [-0.25, -0.2) is 0 Å². The topological polar surface area (TPSA) is 12.0 Å². The van der Waals surface area contributed by atoms with E-state index in [0.717, 1.165) is 10.4 Å². The standard InChI is InChI=1S/C18H20BrN/c19-17-8-4-5-9-18(17)20-16-12-10-15(11-13-16)14-6-2-1-3-7-14/h1-9,15-16,20H,10-13H2. The van der Waals surface area contributed by atoms with Crippen LogP contribution in [0.25, 0.3) is 0 Å². The summed E-state index contributed by atoms with van der Waals surface area (Å²) in [5.74, 6) is 0.744. The normalized spacial score (nSPS) is 22.4. The number of nitrogens with one attached hydrogen (secondary N) is 1. The van der Waals surface area contributed by atoms with Crippen molar-refractivity contribution in [1.82, 2.24) is 0 Å².